The highest BCUT2D eigenvalue weighted by molar-refractivity contribution is 6.02. The molecule has 0 bridgehead atoms. The number of hydrogen-bond donors (Lipinski definition) is 0. The van der Waals surface area contributed by atoms with Gasteiger partial charge in [-0.2, -0.15) is 0 Å². The molecule has 192 valence electrons. The second-order valence-electron chi connectivity index (χ2n) is 9.70. The number of carbonyl (C=O) groups is 6. The van der Waals surface area contributed by atoms with Crippen molar-refractivity contribution in [3.05, 3.63) is 0 Å². The SMILES string of the molecule is COC(=O)C[C@H]1C(=O)N(CC(=O)OC(C)(C)C)[C@@H](CC(=O)OC)C(=O)N1CC(=O)OC(C)(C)C. The lowest BCUT2D eigenvalue weighted by atomic mass is 9.99. The summed E-state index contributed by atoms with van der Waals surface area (Å²) in [6, 6.07) is -2.91. The van der Waals surface area contributed by atoms with Gasteiger partial charge in [0.1, 0.15) is 36.4 Å². The standard InChI is InChI=1S/C22H34N2O10/c1-21(2,3)33-17(27)11-23-13(9-15(25)31-7)20(30)24(12-18(28)34-22(4,5)6)14(19(23)29)10-16(26)32-8/h13-14H,9-12H2,1-8H3/t13-,14-/m0/s1. The summed E-state index contributed by atoms with van der Waals surface area (Å²) >= 11 is 0. The monoisotopic (exact) mass is 486 g/mol. The molecule has 0 aromatic rings. The number of nitrogens with zero attached hydrogens (tertiary/aromatic N) is 2. The lowest BCUT2D eigenvalue weighted by Crippen LogP contribution is -2.67. The zero-order valence-electron chi connectivity index (χ0n) is 21.0. The molecule has 12 heteroatoms. The fourth-order valence-corrected chi connectivity index (χ4v) is 3.24. The van der Waals surface area contributed by atoms with Crippen molar-refractivity contribution >= 4 is 35.7 Å². The average molecular weight is 487 g/mol. The van der Waals surface area contributed by atoms with Crippen LogP contribution in [0.4, 0.5) is 0 Å². The first-order valence-electron chi connectivity index (χ1n) is 10.7. The molecule has 0 aromatic carbocycles. The zero-order chi connectivity index (χ0) is 26.4. The molecule has 0 aliphatic carbocycles. The molecule has 0 unspecified atom stereocenters. The normalized spacial score (nSPS) is 18.9. The van der Waals surface area contributed by atoms with E-state index in [0.29, 0.717) is 0 Å². The number of esters is 4. The van der Waals surface area contributed by atoms with Crippen molar-refractivity contribution < 1.29 is 47.7 Å². The van der Waals surface area contributed by atoms with Crippen molar-refractivity contribution in [3.8, 4) is 0 Å². The molecule has 1 saturated heterocycles. The molecule has 1 aliphatic heterocycles. The van der Waals surface area contributed by atoms with Gasteiger partial charge >= 0.3 is 23.9 Å². The predicted octanol–water partition coefficient (Wildman–Crippen LogP) is 0.204. The molecule has 0 spiro atoms. The quantitative estimate of drug-likeness (QED) is 0.344. The van der Waals surface area contributed by atoms with Gasteiger partial charge in [0, 0.05) is 0 Å². The second kappa shape index (κ2) is 11.3. The van der Waals surface area contributed by atoms with Crippen molar-refractivity contribution in [1.29, 1.82) is 0 Å². The Hall–Kier alpha value is -3.18. The van der Waals surface area contributed by atoms with E-state index < -0.39 is 84.9 Å². The van der Waals surface area contributed by atoms with Crippen LogP contribution in [0.15, 0.2) is 0 Å². The number of hydrogen-bond acceptors (Lipinski definition) is 10. The lowest BCUT2D eigenvalue weighted by Gasteiger charge is -2.44. The summed E-state index contributed by atoms with van der Waals surface area (Å²) in [6.07, 6.45) is -1.14. The van der Waals surface area contributed by atoms with Gasteiger partial charge in [-0.25, -0.2) is 0 Å². The summed E-state index contributed by atoms with van der Waals surface area (Å²) in [5.74, 6) is -4.92. The van der Waals surface area contributed by atoms with E-state index in [1.54, 1.807) is 41.5 Å². The lowest BCUT2D eigenvalue weighted by molar-refractivity contribution is -0.176. The molecule has 2 amide bonds. The Bertz CT molecular complexity index is 757. The van der Waals surface area contributed by atoms with Crippen LogP contribution in [0, 0.1) is 0 Å². The van der Waals surface area contributed by atoms with Crippen LogP contribution in [0.2, 0.25) is 0 Å². The van der Waals surface area contributed by atoms with E-state index in [-0.39, 0.29) is 0 Å². The van der Waals surface area contributed by atoms with E-state index in [1.807, 2.05) is 0 Å². The zero-order valence-corrected chi connectivity index (χ0v) is 21.0. The molecule has 1 rings (SSSR count). The summed E-state index contributed by atoms with van der Waals surface area (Å²) in [5, 5.41) is 0. The van der Waals surface area contributed by atoms with E-state index in [0.717, 1.165) is 24.0 Å². The molecule has 1 aliphatic rings. The maximum Gasteiger partial charge on any atom is 0.326 e. The van der Waals surface area contributed by atoms with Crippen LogP contribution in [-0.2, 0) is 47.7 Å². The van der Waals surface area contributed by atoms with Gasteiger partial charge in [0.05, 0.1) is 27.1 Å². The molecule has 0 aromatic heterocycles. The van der Waals surface area contributed by atoms with Crippen LogP contribution in [0.5, 0.6) is 0 Å². The smallest absolute Gasteiger partial charge is 0.326 e. The van der Waals surface area contributed by atoms with Crippen molar-refractivity contribution in [2.45, 2.75) is 77.7 Å². The number of carbonyl (C=O) groups excluding carboxylic acids is 6. The van der Waals surface area contributed by atoms with Crippen molar-refractivity contribution in [3.63, 3.8) is 0 Å². The van der Waals surface area contributed by atoms with E-state index in [1.165, 1.54) is 0 Å². The van der Waals surface area contributed by atoms with Gasteiger partial charge < -0.3 is 28.7 Å². The van der Waals surface area contributed by atoms with Crippen LogP contribution < -0.4 is 0 Å². The van der Waals surface area contributed by atoms with Crippen LogP contribution in [-0.4, -0.2) is 96.1 Å². The summed E-state index contributed by atoms with van der Waals surface area (Å²) in [4.78, 5) is 77.4. The molecular weight excluding hydrogens is 452 g/mol. The minimum absolute atomic E-state index is 0.570. The molecule has 2 atom stereocenters. The topological polar surface area (TPSA) is 146 Å². The highest BCUT2D eigenvalue weighted by Crippen LogP contribution is 2.24. The molecule has 1 heterocycles. The van der Waals surface area contributed by atoms with Crippen molar-refractivity contribution in [1.82, 2.24) is 9.80 Å². The molecule has 12 nitrogen and oxygen atoms in total. The molecular formula is C22H34N2O10. The average Bonchev–Trinajstić information content (AvgIpc) is 2.67. The fourth-order valence-electron chi connectivity index (χ4n) is 3.24. The maximum absolute atomic E-state index is 13.4. The first-order valence-corrected chi connectivity index (χ1v) is 10.7. The van der Waals surface area contributed by atoms with Crippen LogP contribution in [0.1, 0.15) is 54.4 Å². The van der Waals surface area contributed by atoms with Gasteiger partial charge in [-0.3, -0.25) is 28.8 Å². The predicted molar refractivity (Wildman–Crippen MR) is 116 cm³/mol. The second-order valence-corrected chi connectivity index (χ2v) is 9.70. The summed E-state index contributed by atoms with van der Waals surface area (Å²) in [7, 11) is 2.21. The summed E-state index contributed by atoms with van der Waals surface area (Å²) in [5.41, 5.74) is -1.74. The van der Waals surface area contributed by atoms with E-state index in [4.69, 9.17) is 9.47 Å². The minimum Gasteiger partial charge on any atom is -0.469 e. The Morgan fingerprint density at radius 3 is 1.18 bits per heavy atom. The van der Waals surface area contributed by atoms with Gasteiger partial charge in [-0.15, -0.1) is 0 Å². The number of ether oxygens (including phenoxy) is 4. The van der Waals surface area contributed by atoms with Crippen LogP contribution in [0.3, 0.4) is 0 Å². The fraction of sp³-hybridized carbons (Fsp3) is 0.727. The first-order chi connectivity index (χ1) is 15.5. The largest absolute Gasteiger partial charge is 0.469 e. The highest BCUT2D eigenvalue weighted by Gasteiger charge is 2.49. The Labute approximate surface area is 198 Å². The van der Waals surface area contributed by atoms with E-state index >= 15 is 0 Å². The van der Waals surface area contributed by atoms with Gasteiger partial charge in [-0.05, 0) is 41.5 Å². The maximum atomic E-state index is 13.4. The van der Waals surface area contributed by atoms with E-state index in [2.05, 4.69) is 9.47 Å². The molecule has 0 saturated carbocycles. The summed E-state index contributed by atoms with van der Waals surface area (Å²) in [6.45, 7) is 8.46. The third-order valence-electron chi connectivity index (χ3n) is 4.50. The van der Waals surface area contributed by atoms with Gasteiger partial charge in [0.2, 0.25) is 11.8 Å². The van der Waals surface area contributed by atoms with Crippen LogP contribution in [0.25, 0.3) is 0 Å². The van der Waals surface area contributed by atoms with Gasteiger partial charge in [-0.1, -0.05) is 0 Å². The first kappa shape index (κ1) is 28.9. The molecule has 1 fully saturated rings. The third-order valence-corrected chi connectivity index (χ3v) is 4.50. The van der Waals surface area contributed by atoms with E-state index in [9.17, 15) is 28.8 Å². The van der Waals surface area contributed by atoms with Crippen LogP contribution >= 0.6 is 0 Å². The summed E-state index contributed by atoms with van der Waals surface area (Å²) < 4.78 is 19.8. The van der Waals surface area contributed by atoms with Gasteiger partial charge in [0.25, 0.3) is 0 Å². The minimum atomic E-state index is -1.45. The Balaban J connectivity index is 3.39. The van der Waals surface area contributed by atoms with Crippen molar-refractivity contribution in [2.24, 2.45) is 0 Å². The number of methoxy groups -OCH3 is 2. The number of amides is 2. The Morgan fingerprint density at radius 2 is 0.941 bits per heavy atom. The van der Waals surface area contributed by atoms with Gasteiger partial charge in [0.15, 0.2) is 0 Å². The number of rotatable bonds is 8. The molecule has 34 heavy (non-hydrogen) atoms. The number of piperazine rings is 1. The Kier molecular flexibility index (Phi) is 9.59. The molecule has 0 radical (unpaired) electrons. The molecule has 0 N–H and O–H groups in total. The highest BCUT2D eigenvalue weighted by atomic mass is 16.6. The third kappa shape index (κ3) is 8.64. The van der Waals surface area contributed by atoms with Crippen molar-refractivity contribution in [2.75, 3.05) is 27.3 Å². The Morgan fingerprint density at radius 1 is 0.647 bits per heavy atom.